The molecule has 1 spiro atoms. The Balaban J connectivity index is 1.43. The molecule has 0 aliphatic carbocycles. The summed E-state index contributed by atoms with van der Waals surface area (Å²) in [6.07, 6.45) is 2.93. The molecule has 0 amide bonds. The van der Waals surface area contributed by atoms with Crippen molar-refractivity contribution in [2.45, 2.75) is 31.0 Å². The summed E-state index contributed by atoms with van der Waals surface area (Å²) >= 11 is 0. The van der Waals surface area contributed by atoms with Gasteiger partial charge in [0.2, 0.25) is 5.72 Å². The predicted molar refractivity (Wildman–Crippen MR) is 121 cm³/mol. The molecule has 3 aliphatic heterocycles. The highest BCUT2D eigenvalue weighted by Gasteiger charge is 2.53. The van der Waals surface area contributed by atoms with E-state index in [1.165, 1.54) is 27.6 Å². The summed E-state index contributed by atoms with van der Waals surface area (Å²) in [4.78, 5) is 0. The lowest BCUT2D eigenvalue weighted by atomic mass is 9.90. The van der Waals surface area contributed by atoms with Crippen LogP contribution in [-0.2, 0) is 0 Å². The zero-order valence-corrected chi connectivity index (χ0v) is 17.7. The summed E-state index contributed by atoms with van der Waals surface area (Å²) < 4.78 is 7.78. The third-order valence-corrected chi connectivity index (χ3v) is 7.20. The first-order chi connectivity index (χ1) is 14.5. The number of hydrogen-bond acceptors (Lipinski definition) is 3. The van der Waals surface area contributed by atoms with Crippen molar-refractivity contribution in [3.05, 3.63) is 77.9 Å². The Morgan fingerprint density at radius 3 is 2.50 bits per heavy atom. The second-order valence-corrected chi connectivity index (χ2v) is 9.64. The molecule has 3 heterocycles. The maximum atomic E-state index is 6.73. The lowest BCUT2D eigenvalue weighted by Crippen LogP contribution is -2.62. The fourth-order valence-electron chi connectivity index (χ4n) is 5.29. The van der Waals surface area contributed by atoms with Gasteiger partial charge in [-0.25, -0.2) is 5.01 Å². The van der Waals surface area contributed by atoms with Gasteiger partial charge < -0.3 is 9.22 Å². The van der Waals surface area contributed by atoms with Crippen LogP contribution in [0.25, 0.3) is 10.8 Å². The SMILES string of the molecule is C[N+]1(C)CCC2(CC1)Oc1ccccc1[C@H]1CC(c3ccc4ccccc4c3)=NN12. The van der Waals surface area contributed by atoms with E-state index in [9.17, 15) is 0 Å². The number of hydrogen-bond donors (Lipinski definition) is 0. The van der Waals surface area contributed by atoms with Crippen molar-refractivity contribution in [3.8, 4) is 5.75 Å². The van der Waals surface area contributed by atoms with Crippen LogP contribution in [0.1, 0.15) is 36.4 Å². The quantitative estimate of drug-likeness (QED) is 0.542. The van der Waals surface area contributed by atoms with Gasteiger partial charge in [0.1, 0.15) is 5.75 Å². The van der Waals surface area contributed by atoms with Gasteiger partial charge in [-0.3, -0.25) is 0 Å². The number of nitrogens with zero attached hydrogens (tertiary/aromatic N) is 3. The van der Waals surface area contributed by atoms with Gasteiger partial charge in [0.15, 0.2) is 0 Å². The summed E-state index contributed by atoms with van der Waals surface area (Å²) in [5.41, 5.74) is 3.33. The molecule has 0 bridgehead atoms. The van der Waals surface area contributed by atoms with Crippen LogP contribution in [0, 0.1) is 0 Å². The van der Waals surface area contributed by atoms with Crippen molar-refractivity contribution in [2.24, 2.45) is 5.10 Å². The van der Waals surface area contributed by atoms with E-state index >= 15 is 0 Å². The molecule has 1 fully saturated rings. The summed E-state index contributed by atoms with van der Waals surface area (Å²) in [5.74, 6) is 1.04. The Kier molecular flexibility index (Phi) is 3.79. The van der Waals surface area contributed by atoms with Crippen LogP contribution < -0.4 is 4.74 Å². The molecule has 30 heavy (non-hydrogen) atoms. The largest absolute Gasteiger partial charge is 0.466 e. The van der Waals surface area contributed by atoms with Crippen molar-refractivity contribution in [1.82, 2.24) is 5.01 Å². The van der Waals surface area contributed by atoms with Gasteiger partial charge in [-0.05, 0) is 28.5 Å². The second kappa shape index (κ2) is 6.32. The lowest BCUT2D eigenvalue weighted by Gasteiger charge is -2.52. The highest BCUT2D eigenvalue weighted by Crippen LogP contribution is 2.50. The van der Waals surface area contributed by atoms with Crippen LogP contribution in [0.3, 0.4) is 0 Å². The van der Waals surface area contributed by atoms with Crippen LogP contribution in [-0.4, -0.2) is 48.1 Å². The highest BCUT2D eigenvalue weighted by molar-refractivity contribution is 6.04. The first-order valence-electron chi connectivity index (χ1n) is 11.0. The predicted octanol–water partition coefficient (Wildman–Crippen LogP) is 4.95. The molecule has 3 aromatic carbocycles. The highest BCUT2D eigenvalue weighted by atomic mass is 16.5. The molecule has 6 rings (SSSR count). The van der Waals surface area contributed by atoms with Crippen LogP contribution in [0.5, 0.6) is 5.75 Å². The van der Waals surface area contributed by atoms with E-state index < -0.39 is 0 Å². The molecule has 0 unspecified atom stereocenters. The van der Waals surface area contributed by atoms with Crippen molar-refractivity contribution < 1.29 is 9.22 Å². The van der Waals surface area contributed by atoms with Crippen LogP contribution in [0.2, 0.25) is 0 Å². The Labute approximate surface area is 178 Å². The molecule has 4 nitrogen and oxygen atoms in total. The number of fused-ring (bicyclic) bond motifs is 5. The first kappa shape index (κ1) is 18.0. The zero-order valence-electron chi connectivity index (χ0n) is 17.7. The van der Waals surface area contributed by atoms with E-state index in [1.807, 2.05) is 0 Å². The second-order valence-electron chi connectivity index (χ2n) is 9.64. The molecule has 0 aromatic heterocycles. The molecule has 3 aromatic rings. The smallest absolute Gasteiger partial charge is 0.208 e. The maximum Gasteiger partial charge on any atom is 0.208 e. The lowest BCUT2D eigenvalue weighted by molar-refractivity contribution is -0.898. The minimum atomic E-state index is -0.328. The molecular formula is C26H28N3O+. The summed E-state index contributed by atoms with van der Waals surface area (Å²) in [7, 11) is 4.63. The van der Waals surface area contributed by atoms with Crippen LogP contribution in [0.4, 0.5) is 0 Å². The molecule has 4 heteroatoms. The number of hydrazone groups is 1. The van der Waals surface area contributed by atoms with E-state index in [-0.39, 0.29) is 11.8 Å². The van der Waals surface area contributed by atoms with Crippen LogP contribution in [0.15, 0.2) is 71.8 Å². The average molecular weight is 399 g/mol. The van der Waals surface area contributed by atoms with Gasteiger partial charge in [-0.1, -0.05) is 54.6 Å². The number of piperidine rings is 1. The summed E-state index contributed by atoms with van der Waals surface area (Å²) in [6.45, 7) is 2.21. The van der Waals surface area contributed by atoms with Crippen LogP contribution >= 0.6 is 0 Å². The van der Waals surface area contributed by atoms with E-state index in [4.69, 9.17) is 9.84 Å². The monoisotopic (exact) mass is 398 g/mol. The van der Waals surface area contributed by atoms with Gasteiger partial charge in [-0.2, -0.15) is 5.10 Å². The number of likely N-dealkylation sites (tertiary alicyclic amines) is 1. The molecule has 1 atom stereocenters. The third kappa shape index (κ3) is 2.74. The molecule has 3 aliphatic rings. The van der Waals surface area contributed by atoms with Crippen molar-refractivity contribution in [2.75, 3.05) is 27.2 Å². The van der Waals surface area contributed by atoms with Gasteiger partial charge in [0.25, 0.3) is 0 Å². The maximum absolute atomic E-state index is 6.73. The Bertz CT molecular complexity index is 1160. The van der Waals surface area contributed by atoms with Gasteiger partial charge in [-0.15, -0.1) is 0 Å². The molecule has 0 radical (unpaired) electrons. The molecule has 0 N–H and O–H groups in total. The van der Waals surface area contributed by atoms with Crippen molar-refractivity contribution >= 4 is 16.5 Å². The van der Waals surface area contributed by atoms with E-state index in [2.05, 4.69) is 85.8 Å². The standard InChI is InChI=1S/C26H28N3O/c1-29(2)15-13-26(14-16-29)28-24(22-9-5-6-10-25(22)30-26)18-23(27-28)21-12-11-19-7-3-4-8-20(19)17-21/h3-12,17,24H,13-16,18H2,1-2H3/q+1/t24-/m1/s1. The number of rotatable bonds is 1. The molecular weight excluding hydrogens is 370 g/mol. The first-order valence-corrected chi connectivity index (χ1v) is 11.0. The number of ether oxygens (including phenoxy) is 1. The van der Waals surface area contributed by atoms with Gasteiger partial charge >= 0.3 is 0 Å². The minimum absolute atomic E-state index is 0.255. The van der Waals surface area contributed by atoms with E-state index in [0.29, 0.717) is 0 Å². The molecule has 1 saturated heterocycles. The normalized spacial score (nSPS) is 23.6. The zero-order chi connectivity index (χ0) is 20.3. The van der Waals surface area contributed by atoms with Gasteiger partial charge in [0.05, 0.1) is 51.8 Å². The topological polar surface area (TPSA) is 24.8 Å². The third-order valence-electron chi connectivity index (χ3n) is 7.20. The Morgan fingerprint density at radius 2 is 1.67 bits per heavy atom. The average Bonchev–Trinajstić information content (AvgIpc) is 3.22. The van der Waals surface area contributed by atoms with E-state index in [0.717, 1.165) is 42.6 Å². The Morgan fingerprint density at radius 1 is 0.933 bits per heavy atom. The van der Waals surface area contributed by atoms with Crippen molar-refractivity contribution in [3.63, 3.8) is 0 Å². The number of para-hydroxylation sites is 1. The molecule has 152 valence electrons. The number of quaternary nitrogens is 1. The minimum Gasteiger partial charge on any atom is -0.466 e. The van der Waals surface area contributed by atoms with Gasteiger partial charge in [0, 0.05) is 12.0 Å². The summed E-state index contributed by atoms with van der Waals surface area (Å²) in [6, 6.07) is 24.1. The van der Waals surface area contributed by atoms with E-state index in [1.54, 1.807) is 0 Å². The fourth-order valence-corrected chi connectivity index (χ4v) is 5.29. The number of benzene rings is 3. The van der Waals surface area contributed by atoms with Crippen molar-refractivity contribution in [1.29, 1.82) is 0 Å². The molecule has 0 saturated carbocycles. The fraction of sp³-hybridized carbons (Fsp3) is 0.346. The summed E-state index contributed by atoms with van der Waals surface area (Å²) in [5, 5.41) is 10.1. The Hall–Kier alpha value is -2.85.